The van der Waals surface area contributed by atoms with Gasteiger partial charge in [-0.15, -0.1) is 11.8 Å². The summed E-state index contributed by atoms with van der Waals surface area (Å²) in [5.41, 5.74) is 0.319. The molecule has 0 fully saturated rings. The summed E-state index contributed by atoms with van der Waals surface area (Å²) in [7, 11) is 0. The molecule has 0 N–H and O–H groups in total. The van der Waals surface area contributed by atoms with Crippen LogP contribution < -0.4 is 0 Å². The number of hydrogen-bond acceptors (Lipinski definition) is 3. The summed E-state index contributed by atoms with van der Waals surface area (Å²) >= 11 is 3.57. The van der Waals surface area contributed by atoms with Crippen LogP contribution in [0.25, 0.3) is 0 Å². The molecule has 0 heterocycles. The molecule has 1 nitrogen and oxygen atoms in total. The highest BCUT2D eigenvalue weighted by Crippen LogP contribution is 2.20. The molecular formula is C8H18OS2. The molecule has 0 aliphatic heterocycles. The molecule has 3 heteroatoms. The van der Waals surface area contributed by atoms with Gasteiger partial charge < -0.3 is 4.74 Å². The van der Waals surface area contributed by atoms with E-state index in [0.29, 0.717) is 5.44 Å². The summed E-state index contributed by atoms with van der Waals surface area (Å²) in [5, 5.41) is 0. The third-order valence-electron chi connectivity index (χ3n) is 1.31. The lowest BCUT2D eigenvalue weighted by atomic mass is 10.2. The van der Waals surface area contributed by atoms with E-state index < -0.39 is 0 Å². The molecule has 11 heavy (non-hydrogen) atoms. The Morgan fingerprint density at radius 2 is 1.91 bits per heavy atom. The van der Waals surface area contributed by atoms with Crippen molar-refractivity contribution in [3.05, 3.63) is 0 Å². The molecule has 68 valence electrons. The molecule has 0 aliphatic rings. The summed E-state index contributed by atoms with van der Waals surface area (Å²) < 4.78 is 5.77. The molecule has 0 aromatic heterocycles. The van der Waals surface area contributed by atoms with Crippen molar-refractivity contribution in [3.8, 4) is 0 Å². The fraction of sp³-hybridized carbons (Fsp3) is 1.00. The SMILES string of the molecule is CSCC(C)(C)OC(C)SC. The number of rotatable bonds is 5. The third-order valence-corrected chi connectivity index (χ3v) is 3.05. The summed E-state index contributed by atoms with van der Waals surface area (Å²) in [6.45, 7) is 6.36. The Bertz CT molecular complexity index is 104. The molecule has 0 amide bonds. The highest BCUT2D eigenvalue weighted by Gasteiger charge is 2.19. The molecule has 0 spiro atoms. The second-order valence-corrected chi connectivity index (χ2v) is 5.12. The lowest BCUT2D eigenvalue weighted by Gasteiger charge is -2.27. The Balaban J connectivity index is 3.70. The van der Waals surface area contributed by atoms with E-state index in [4.69, 9.17) is 4.74 Å². The Morgan fingerprint density at radius 1 is 1.36 bits per heavy atom. The minimum atomic E-state index is 0.0157. The first-order valence-electron chi connectivity index (χ1n) is 3.71. The fourth-order valence-electron chi connectivity index (χ4n) is 0.879. The van der Waals surface area contributed by atoms with Crippen LogP contribution in [0.1, 0.15) is 20.8 Å². The molecule has 0 bridgehead atoms. The van der Waals surface area contributed by atoms with Crippen LogP contribution in [0.5, 0.6) is 0 Å². The normalized spacial score (nSPS) is 15.0. The van der Waals surface area contributed by atoms with E-state index in [1.54, 1.807) is 11.8 Å². The monoisotopic (exact) mass is 194 g/mol. The van der Waals surface area contributed by atoms with Crippen LogP contribution in [-0.2, 0) is 4.74 Å². The maximum absolute atomic E-state index is 5.77. The van der Waals surface area contributed by atoms with Crippen LogP contribution in [0.15, 0.2) is 0 Å². The van der Waals surface area contributed by atoms with Gasteiger partial charge in [-0.05, 0) is 33.3 Å². The predicted octanol–water partition coefficient (Wildman–Crippen LogP) is 2.85. The third kappa shape index (κ3) is 5.88. The molecule has 0 radical (unpaired) electrons. The van der Waals surface area contributed by atoms with Gasteiger partial charge in [0.25, 0.3) is 0 Å². The van der Waals surface area contributed by atoms with Gasteiger partial charge >= 0.3 is 0 Å². The topological polar surface area (TPSA) is 9.23 Å². The zero-order chi connectivity index (χ0) is 8.91. The van der Waals surface area contributed by atoms with Crippen LogP contribution in [0.2, 0.25) is 0 Å². The van der Waals surface area contributed by atoms with Crippen molar-refractivity contribution in [2.45, 2.75) is 31.8 Å². The van der Waals surface area contributed by atoms with Gasteiger partial charge in [0.2, 0.25) is 0 Å². The molecule has 0 rings (SSSR count). The second kappa shape index (κ2) is 5.33. The van der Waals surface area contributed by atoms with E-state index >= 15 is 0 Å². The van der Waals surface area contributed by atoms with E-state index in [1.807, 2.05) is 11.8 Å². The van der Waals surface area contributed by atoms with Gasteiger partial charge in [0, 0.05) is 5.75 Å². The number of ether oxygens (including phenoxy) is 1. The Kier molecular flexibility index (Phi) is 5.65. The van der Waals surface area contributed by atoms with E-state index in [1.165, 1.54) is 0 Å². The summed E-state index contributed by atoms with van der Waals surface area (Å²) in [6, 6.07) is 0. The van der Waals surface area contributed by atoms with E-state index in [2.05, 4.69) is 33.3 Å². The van der Waals surface area contributed by atoms with Crippen molar-refractivity contribution in [2.24, 2.45) is 0 Å². The van der Waals surface area contributed by atoms with E-state index in [-0.39, 0.29) is 5.60 Å². The van der Waals surface area contributed by atoms with Gasteiger partial charge in [0.1, 0.15) is 5.44 Å². The van der Waals surface area contributed by atoms with Crippen LogP contribution in [0.4, 0.5) is 0 Å². The zero-order valence-corrected chi connectivity index (χ0v) is 9.64. The van der Waals surface area contributed by atoms with Crippen LogP contribution in [-0.4, -0.2) is 29.3 Å². The van der Waals surface area contributed by atoms with Crippen LogP contribution >= 0.6 is 23.5 Å². The molecule has 0 aliphatic carbocycles. The summed E-state index contributed by atoms with van der Waals surface area (Å²) in [5.74, 6) is 1.05. The molecule has 0 aromatic carbocycles. The minimum Gasteiger partial charge on any atom is -0.361 e. The highest BCUT2D eigenvalue weighted by atomic mass is 32.2. The maximum atomic E-state index is 5.77. The highest BCUT2D eigenvalue weighted by molar-refractivity contribution is 7.99. The standard InChI is InChI=1S/C8H18OS2/c1-7(11-5)9-8(2,3)6-10-4/h7H,6H2,1-5H3. The average Bonchev–Trinajstić information content (AvgIpc) is 1.86. The molecule has 1 unspecified atom stereocenters. The van der Waals surface area contributed by atoms with Gasteiger partial charge in [-0.3, -0.25) is 0 Å². The maximum Gasteiger partial charge on any atom is 0.100 e. The first-order valence-corrected chi connectivity index (χ1v) is 6.39. The summed E-state index contributed by atoms with van der Waals surface area (Å²) in [6.07, 6.45) is 4.18. The van der Waals surface area contributed by atoms with Gasteiger partial charge in [-0.2, -0.15) is 11.8 Å². The van der Waals surface area contributed by atoms with Gasteiger partial charge in [-0.1, -0.05) is 0 Å². The van der Waals surface area contributed by atoms with Crippen molar-refractivity contribution in [1.82, 2.24) is 0 Å². The quantitative estimate of drug-likeness (QED) is 0.623. The smallest absolute Gasteiger partial charge is 0.100 e. The van der Waals surface area contributed by atoms with Crippen LogP contribution in [0, 0.1) is 0 Å². The van der Waals surface area contributed by atoms with Gasteiger partial charge in [0.15, 0.2) is 0 Å². The molecule has 1 atom stereocenters. The lowest BCUT2D eigenvalue weighted by molar-refractivity contribution is -0.00759. The van der Waals surface area contributed by atoms with Gasteiger partial charge in [0.05, 0.1) is 5.60 Å². The summed E-state index contributed by atoms with van der Waals surface area (Å²) in [4.78, 5) is 0. The Labute approximate surface area is 78.7 Å². The first kappa shape index (κ1) is 11.7. The van der Waals surface area contributed by atoms with Crippen LogP contribution in [0.3, 0.4) is 0 Å². The van der Waals surface area contributed by atoms with Crippen molar-refractivity contribution < 1.29 is 4.74 Å². The predicted molar refractivity (Wildman–Crippen MR) is 56.5 cm³/mol. The van der Waals surface area contributed by atoms with Crippen molar-refractivity contribution in [1.29, 1.82) is 0 Å². The minimum absolute atomic E-state index is 0.0157. The van der Waals surface area contributed by atoms with E-state index in [9.17, 15) is 0 Å². The zero-order valence-electron chi connectivity index (χ0n) is 8.01. The number of thioether (sulfide) groups is 2. The number of hydrogen-bond donors (Lipinski definition) is 0. The van der Waals surface area contributed by atoms with Crippen molar-refractivity contribution in [3.63, 3.8) is 0 Å². The van der Waals surface area contributed by atoms with Gasteiger partial charge in [-0.25, -0.2) is 0 Å². The molecule has 0 saturated heterocycles. The first-order chi connectivity index (χ1) is 5.02. The molecular weight excluding hydrogens is 176 g/mol. The molecule has 0 aromatic rings. The molecule has 0 saturated carbocycles. The van der Waals surface area contributed by atoms with Crippen molar-refractivity contribution >= 4 is 23.5 Å². The van der Waals surface area contributed by atoms with E-state index in [0.717, 1.165) is 5.75 Å². The average molecular weight is 194 g/mol. The Hall–Kier alpha value is 0.660. The largest absolute Gasteiger partial charge is 0.361 e. The fourth-order valence-corrected chi connectivity index (χ4v) is 2.00. The van der Waals surface area contributed by atoms with Crippen molar-refractivity contribution in [2.75, 3.05) is 18.3 Å². The Morgan fingerprint density at radius 3 is 2.27 bits per heavy atom. The lowest BCUT2D eigenvalue weighted by Crippen LogP contribution is -2.30. The second-order valence-electron chi connectivity index (χ2n) is 3.11.